The number of nitrogens with zero attached hydrogens (tertiary/aromatic N) is 1. The Bertz CT molecular complexity index is 447. The second-order valence-corrected chi connectivity index (χ2v) is 8.95. The zero-order chi connectivity index (χ0) is 18.1. The zero-order valence-corrected chi connectivity index (χ0v) is 16.9. The number of rotatable bonds is 5. The van der Waals surface area contributed by atoms with Gasteiger partial charge >= 0.3 is 6.03 Å². The van der Waals surface area contributed by atoms with E-state index >= 15 is 0 Å². The van der Waals surface area contributed by atoms with Gasteiger partial charge < -0.3 is 5.32 Å². The molecule has 3 nitrogen and oxygen atoms in total. The number of hydrogen-bond acceptors (Lipinski definition) is 1. The number of urea groups is 1. The van der Waals surface area contributed by atoms with E-state index in [1.807, 2.05) is 4.90 Å². The van der Waals surface area contributed by atoms with Crippen LogP contribution in [0.2, 0.25) is 0 Å². The Morgan fingerprint density at radius 3 is 1.87 bits per heavy atom. The van der Waals surface area contributed by atoms with Gasteiger partial charge in [0.1, 0.15) is 0 Å². The smallest absolute Gasteiger partial charge is 0.322 e. The van der Waals surface area contributed by atoms with Crippen LogP contribution in [0, 0.1) is 29.6 Å². The van der Waals surface area contributed by atoms with E-state index in [1.165, 1.54) is 5.57 Å². The van der Waals surface area contributed by atoms with Gasteiger partial charge in [-0.1, -0.05) is 55.4 Å². The van der Waals surface area contributed by atoms with Crippen molar-refractivity contribution in [2.75, 3.05) is 0 Å². The van der Waals surface area contributed by atoms with E-state index in [2.05, 4.69) is 80.8 Å². The van der Waals surface area contributed by atoms with Crippen LogP contribution < -0.4 is 5.32 Å². The van der Waals surface area contributed by atoms with Crippen molar-refractivity contribution in [3.63, 3.8) is 0 Å². The Labute approximate surface area is 143 Å². The van der Waals surface area contributed by atoms with Crippen molar-refractivity contribution in [1.29, 1.82) is 0 Å². The first-order valence-corrected chi connectivity index (χ1v) is 9.22. The first kappa shape index (κ1) is 20.1. The van der Waals surface area contributed by atoms with Crippen LogP contribution in [0.3, 0.4) is 0 Å². The topological polar surface area (TPSA) is 32.3 Å². The molecule has 1 aliphatic heterocycles. The van der Waals surface area contributed by atoms with Gasteiger partial charge in [-0.25, -0.2) is 4.79 Å². The third-order valence-corrected chi connectivity index (χ3v) is 5.70. The lowest BCUT2D eigenvalue weighted by molar-refractivity contribution is 0.135. The summed E-state index contributed by atoms with van der Waals surface area (Å²) in [5.74, 6) is 2.11. The van der Waals surface area contributed by atoms with Gasteiger partial charge in [-0.15, -0.1) is 0 Å². The number of carbonyl (C=O) groups is 1. The molecule has 1 rings (SSSR count). The summed E-state index contributed by atoms with van der Waals surface area (Å²) in [5.41, 5.74) is 1.18. The van der Waals surface area contributed by atoms with Crippen molar-refractivity contribution < 1.29 is 4.79 Å². The molecule has 0 aromatic heterocycles. The van der Waals surface area contributed by atoms with Gasteiger partial charge in [0.15, 0.2) is 0 Å². The summed E-state index contributed by atoms with van der Waals surface area (Å²) in [4.78, 5) is 14.9. The van der Waals surface area contributed by atoms with E-state index in [-0.39, 0.29) is 17.6 Å². The predicted molar refractivity (Wildman–Crippen MR) is 99.2 cm³/mol. The lowest BCUT2D eigenvalue weighted by Gasteiger charge is -2.39. The first-order valence-electron chi connectivity index (χ1n) is 9.22. The van der Waals surface area contributed by atoms with Gasteiger partial charge in [0.2, 0.25) is 0 Å². The van der Waals surface area contributed by atoms with Crippen LogP contribution in [0.25, 0.3) is 0 Å². The molecular weight excluding hydrogens is 284 g/mol. The predicted octanol–water partition coefficient (Wildman–Crippen LogP) is 5.28. The Morgan fingerprint density at radius 2 is 1.52 bits per heavy atom. The number of carbonyl (C=O) groups excluding carboxylic acids is 1. The molecule has 0 radical (unpaired) electrons. The van der Waals surface area contributed by atoms with E-state index in [4.69, 9.17) is 0 Å². The van der Waals surface area contributed by atoms with Crippen molar-refractivity contribution in [2.45, 2.75) is 80.8 Å². The largest absolute Gasteiger partial charge is 0.334 e. The van der Waals surface area contributed by atoms with E-state index < -0.39 is 0 Å². The number of amides is 2. The fourth-order valence-corrected chi connectivity index (χ4v) is 3.42. The fraction of sp³-hybridized carbons (Fsp3) is 0.850. The molecule has 0 saturated heterocycles. The molecule has 1 aliphatic rings. The summed E-state index contributed by atoms with van der Waals surface area (Å²) in [6.45, 7) is 22.1. The Morgan fingerprint density at radius 1 is 1.00 bits per heavy atom. The van der Waals surface area contributed by atoms with Crippen LogP contribution in [0.15, 0.2) is 11.8 Å². The molecule has 0 spiro atoms. The van der Waals surface area contributed by atoms with Crippen LogP contribution in [0.5, 0.6) is 0 Å². The van der Waals surface area contributed by atoms with Gasteiger partial charge in [-0.3, -0.25) is 4.90 Å². The summed E-state index contributed by atoms with van der Waals surface area (Å²) in [7, 11) is 0. The van der Waals surface area contributed by atoms with Crippen molar-refractivity contribution in [3.8, 4) is 0 Å². The monoisotopic (exact) mass is 322 g/mol. The Kier molecular flexibility index (Phi) is 6.34. The molecular formula is C20H38N2O. The van der Waals surface area contributed by atoms with Crippen molar-refractivity contribution in [3.05, 3.63) is 11.8 Å². The summed E-state index contributed by atoms with van der Waals surface area (Å²) >= 11 is 0. The van der Waals surface area contributed by atoms with Crippen molar-refractivity contribution in [1.82, 2.24) is 10.2 Å². The third-order valence-electron chi connectivity index (χ3n) is 5.70. The van der Waals surface area contributed by atoms with E-state index in [0.717, 1.165) is 0 Å². The second-order valence-electron chi connectivity index (χ2n) is 8.95. The highest BCUT2D eigenvalue weighted by Crippen LogP contribution is 2.37. The molecule has 2 atom stereocenters. The maximum atomic E-state index is 13.0. The minimum atomic E-state index is -0.211. The van der Waals surface area contributed by atoms with Gasteiger partial charge in [0.05, 0.1) is 0 Å². The maximum Gasteiger partial charge on any atom is 0.322 e. The lowest BCUT2D eigenvalue weighted by atomic mass is 9.74. The highest BCUT2D eigenvalue weighted by atomic mass is 16.2. The molecule has 3 heteroatoms. The van der Waals surface area contributed by atoms with Crippen LogP contribution >= 0.6 is 0 Å². The van der Waals surface area contributed by atoms with Crippen LogP contribution in [-0.4, -0.2) is 22.5 Å². The zero-order valence-electron chi connectivity index (χ0n) is 16.9. The molecule has 2 amide bonds. The highest BCUT2D eigenvalue weighted by molar-refractivity contribution is 5.77. The molecule has 23 heavy (non-hydrogen) atoms. The van der Waals surface area contributed by atoms with Crippen molar-refractivity contribution >= 4 is 6.03 Å². The minimum absolute atomic E-state index is 0.0451. The molecule has 0 aromatic rings. The van der Waals surface area contributed by atoms with Gasteiger partial charge in [0.25, 0.3) is 0 Å². The maximum absolute atomic E-state index is 13.0. The number of nitrogens with one attached hydrogen (secondary N) is 1. The molecule has 1 N–H and O–H groups in total. The lowest BCUT2D eigenvalue weighted by Crippen LogP contribution is -2.54. The standard InChI is InChI=1S/C20H38N2O/c1-12(2)16-11-22(20(9,10)15(7)8)19(23)21-18(14(5)6)17(16)13(3)4/h11-15,17-18H,1-10H3,(H,21,23). The summed E-state index contributed by atoms with van der Waals surface area (Å²) in [6.07, 6.45) is 2.16. The fourth-order valence-electron chi connectivity index (χ4n) is 3.42. The molecule has 134 valence electrons. The molecule has 0 bridgehead atoms. The van der Waals surface area contributed by atoms with E-state index in [1.54, 1.807) is 0 Å². The summed E-state index contributed by atoms with van der Waals surface area (Å²) in [5, 5.41) is 3.34. The quantitative estimate of drug-likeness (QED) is 0.733. The van der Waals surface area contributed by atoms with Crippen LogP contribution in [0.4, 0.5) is 4.79 Å². The van der Waals surface area contributed by atoms with Gasteiger partial charge in [0, 0.05) is 23.7 Å². The highest BCUT2D eigenvalue weighted by Gasteiger charge is 2.41. The van der Waals surface area contributed by atoms with Gasteiger partial charge in [-0.05, 0) is 43.1 Å². The molecule has 0 saturated carbocycles. The molecule has 0 aliphatic carbocycles. The first-order chi connectivity index (χ1) is 10.4. The Hall–Kier alpha value is -0.990. The average Bonchev–Trinajstić information content (AvgIpc) is 2.55. The van der Waals surface area contributed by atoms with Crippen LogP contribution in [0.1, 0.15) is 69.2 Å². The van der Waals surface area contributed by atoms with Crippen molar-refractivity contribution in [2.24, 2.45) is 29.6 Å². The molecule has 0 fully saturated rings. The Balaban J connectivity index is 3.47. The van der Waals surface area contributed by atoms with E-state index in [9.17, 15) is 4.79 Å². The summed E-state index contributed by atoms with van der Waals surface area (Å²) < 4.78 is 0. The third kappa shape index (κ3) is 4.10. The normalized spacial score (nSPS) is 23.7. The van der Waals surface area contributed by atoms with E-state index in [0.29, 0.717) is 29.6 Å². The average molecular weight is 323 g/mol. The summed E-state index contributed by atoms with van der Waals surface area (Å²) in [6, 6.07) is 0.229. The molecule has 0 aromatic carbocycles. The SMILES string of the molecule is CC(C)C1=CN(C(C)(C)C(C)C)C(=O)NC(C(C)C)C1C(C)C. The van der Waals surface area contributed by atoms with Gasteiger partial charge in [-0.2, -0.15) is 0 Å². The van der Waals surface area contributed by atoms with Crippen LogP contribution in [-0.2, 0) is 0 Å². The minimum Gasteiger partial charge on any atom is -0.334 e. The molecule has 2 unspecified atom stereocenters. The second kappa shape index (κ2) is 7.27. The number of hydrogen-bond donors (Lipinski definition) is 1. The molecule has 1 heterocycles.